The van der Waals surface area contributed by atoms with Crippen LogP contribution in [0, 0.1) is 17.6 Å². The van der Waals surface area contributed by atoms with Crippen LogP contribution >= 0.6 is 0 Å². The normalized spacial score (nSPS) is 17.7. The number of rotatable bonds is 4. The van der Waals surface area contributed by atoms with Gasteiger partial charge in [-0.15, -0.1) is 0 Å². The number of halogens is 2. The van der Waals surface area contributed by atoms with Crippen LogP contribution < -0.4 is 11.1 Å². The largest absolute Gasteiger partial charge is 0.419 e. The van der Waals surface area contributed by atoms with E-state index in [9.17, 15) is 26.8 Å². The third-order valence-corrected chi connectivity index (χ3v) is 7.20. The summed E-state index contributed by atoms with van der Waals surface area (Å²) in [5, 5.41) is 2.51. The molecule has 164 valence electrons. The summed E-state index contributed by atoms with van der Waals surface area (Å²) < 4.78 is 60.2. The molecule has 1 saturated heterocycles. The number of piperidine rings is 1. The summed E-state index contributed by atoms with van der Waals surface area (Å²) in [4.78, 5) is 24.2. The van der Waals surface area contributed by atoms with Crippen molar-refractivity contribution in [1.29, 1.82) is 0 Å². The van der Waals surface area contributed by atoms with Crippen LogP contribution in [0.3, 0.4) is 0 Å². The Morgan fingerprint density at radius 1 is 1.16 bits per heavy atom. The molecule has 1 amide bonds. The fourth-order valence-corrected chi connectivity index (χ4v) is 5.16. The van der Waals surface area contributed by atoms with Gasteiger partial charge in [0, 0.05) is 38.0 Å². The van der Waals surface area contributed by atoms with Crippen molar-refractivity contribution in [2.75, 3.05) is 18.4 Å². The van der Waals surface area contributed by atoms with Crippen LogP contribution in [-0.4, -0.2) is 36.3 Å². The molecule has 0 spiro atoms. The van der Waals surface area contributed by atoms with Gasteiger partial charge in [0.25, 0.3) is 0 Å². The molecule has 1 aliphatic heterocycles. The zero-order valence-electron chi connectivity index (χ0n) is 16.5. The number of aryl methyl sites for hydroxylation is 1. The molecular weight excluding hydrogens is 432 g/mol. The number of nitrogens with one attached hydrogen (secondary N) is 1. The molecule has 11 heteroatoms. The van der Waals surface area contributed by atoms with E-state index in [0.29, 0.717) is 18.4 Å². The van der Waals surface area contributed by atoms with Crippen molar-refractivity contribution in [2.45, 2.75) is 17.7 Å². The number of aromatic nitrogens is 1. The molecule has 1 N–H and O–H groups in total. The zero-order valence-corrected chi connectivity index (χ0v) is 17.3. The number of anilines is 1. The first-order valence-electron chi connectivity index (χ1n) is 9.52. The Kier molecular flexibility index (Phi) is 5.40. The molecular formula is C20H19F2N3O5S. The van der Waals surface area contributed by atoms with Gasteiger partial charge in [-0.05, 0) is 37.1 Å². The lowest BCUT2D eigenvalue weighted by Gasteiger charge is -2.31. The van der Waals surface area contributed by atoms with Crippen LogP contribution in [0.5, 0.6) is 0 Å². The minimum atomic E-state index is -3.94. The molecule has 0 bridgehead atoms. The maximum absolute atomic E-state index is 13.4. The van der Waals surface area contributed by atoms with Gasteiger partial charge >= 0.3 is 5.76 Å². The fraction of sp³-hybridized carbons (Fsp3) is 0.300. The van der Waals surface area contributed by atoms with Crippen LogP contribution in [0.15, 0.2) is 50.5 Å². The average molecular weight is 451 g/mol. The monoisotopic (exact) mass is 451 g/mol. The molecule has 1 aromatic heterocycles. The number of sulfonamides is 1. The van der Waals surface area contributed by atoms with Gasteiger partial charge in [0.05, 0.1) is 16.3 Å². The molecule has 1 fully saturated rings. The molecule has 0 radical (unpaired) electrons. The summed E-state index contributed by atoms with van der Waals surface area (Å²) in [5.41, 5.74) is 0.707. The third-order valence-electron chi connectivity index (χ3n) is 5.34. The molecule has 0 aliphatic carbocycles. The highest BCUT2D eigenvalue weighted by Gasteiger charge is 2.33. The van der Waals surface area contributed by atoms with Gasteiger partial charge in [0.1, 0.15) is 0 Å². The Hall–Kier alpha value is -3.05. The lowest BCUT2D eigenvalue weighted by Crippen LogP contribution is -2.43. The van der Waals surface area contributed by atoms with Gasteiger partial charge in [0.2, 0.25) is 15.9 Å². The number of hydrogen-bond acceptors (Lipinski definition) is 5. The number of oxazole rings is 1. The molecule has 31 heavy (non-hydrogen) atoms. The lowest BCUT2D eigenvalue weighted by molar-refractivity contribution is -0.120. The number of benzene rings is 2. The number of hydrogen-bond donors (Lipinski definition) is 1. The maximum Gasteiger partial charge on any atom is 0.419 e. The summed E-state index contributed by atoms with van der Waals surface area (Å²) in [5.74, 6) is -3.85. The smallest absolute Gasteiger partial charge is 0.408 e. The quantitative estimate of drug-likeness (QED) is 0.657. The third kappa shape index (κ3) is 3.98. The van der Waals surface area contributed by atoms with Gasteiger partial charge < -0.3 is 9.73 Å². The summed E-state index contributed by atoms with van der Waals surface area (Å²) >= 11 is 0. The second-order valence-corrected chi connectivity index (χ2v) is 9.31. The van der Waals surface area contributed by atoms with E-state index in [1.54, 1.807) is 0 Å². The molecule has 3 aromatic rings. The van der Waals surface area contributed by atoms with Crippen molar-refractivity contribution in [2.24, 2.45) is 13.0 Å². The topological polar surface area (TPSA) is 102 Å². The van der Waals surface area contributed by atoms with E-state index in [1.165, 1.54) is 40.2 Å². The first-order valence-corrected chi connectivity index (χ1v) is 11.0. The number of carbonyl (C=O) groups excluding carboxylic acids is 1. The van der Waals surface area contributed by atoms with Crippen LogP contribution in [0.1, 0.15) is 12.8 Å². The second kappa shape index (κ2) is 7.89. The van der Waals surface area contributed by atoms with E-state index < -0.39 is 39.2 Å². The van der Waals surface area contributed by atoms with Gasteiger partial charge in [-0.3, -0.25) is 9.36 Å². The zero-order chi connectivity index (χ0) is 22.3. The van der Waals surface area contributed by atoms with E-state index in [2.05, 4.69) is 5.32 Å². The Morgan fingerprint density at radius 2 is 1.94 bits per heavy atom. The molecule has 4 rings (SSSR count). The van der Waals surface area contributed by atoms with Gasteiger partial charge in [0.15, 0.2) is 17.2 Å². The minimum absolute atomic E-state index is 0.0454. The lowest BCUT2D eigenvalue weighted by atomic mass is 9.98. The predicted octanol–water partition coefficient (Wildman–Crippen LogP) is 2.45. The Morgan fingerprint density at radius 3 is 2.68 bits per heavy atom. The van der Waals surface area contributed by atoms with E-state index in [0.717, 1.165) is 12.1 Å². The first-order chi connectivity index (χ1) is 14.7. The van der Waals surface area contributed by atoms with Crippen molar-refractivity contribution < 1.29 is 26.4 Å². The number of fused-ring (bicyclic) bond motifs is 1. The van der Waals surface area contributed by atoms with Gasteiger partial charge in [-0.2, -0.15) is 4.31 Å². The molecule has 2 heterocycles. The Balaban J connectivity index is 1.53. The van der Waals surface area contributed by atoms with Crippen LogP contribution in [0.2, 0.25) is 0 Å². The summed E-state index contributed by atoms with van der Waals surface area (Å²) in [7, 11) is -2.42. The van der Waals surface area contributed by atoms with Crippen molar-refractivity contribution in [3.63, 3.8) is 0 Å². The maximum atomic E-state index is 13.4. The molecule has 1 aliphatic rings. The predicted molar refractivity (Wildman–Crippen MR) is 108 cm³/mol. The second-order valence-electron chi connectivity index (χ2n) is 7.38. The number of amides is 1. The highest BCUT2D eigenvalue weighted by atomic mass is 32.2. The molecule has 0 saturated carbocycles. The SMILES string of the molecule is Cn1c(=O)oc2cc(S(=O)(=O)N3CCC[C@H](C(=O)Nc4ccc(F)c(F)c4)C3)ccc21. The molecule has 2 aromatic carbocycles. The summed E-state index contributed by atoms with van der Waals surface area (Å²) in [6, 6.07) is 7.17. The van der Waals surface area contributed by atoms with E-state index in [-0.39, 0.29) is 29.3 Å². The van der Waals surface area contributed by atoms with Crippen molar-refractivity contribution in [3.05, 3.63) is 58.6 Å². The first kappa shape index (κ1) is 21.2. The van der Waals surface area contributed by atoms with E-state index >= 15 is 0 Å². The molecule has 1 atom stereocenters. The Labute approximate surface area is 176 Å². The highest BCUT2D eigenvalue weighted by Crippen LogP contribution is 2.27. The average Bonchev–Trinajstić information content (AvgIpc) is 3.04. The number of carbonyl (C=O) groups is 1. The van der Waals surface area contributed by atoms with Crippen molar-refractivity contribution >= 4 is 32.7 Å². The van der Waals surface area contributed by atoms with Crippen LogP contribution in [0.4, 0.5) is 14.5 Å². The van der Waals surface area contributed by atoms with Crippen LogP contribution in [-0.2, 0) is 21.9 Å². The minimum Gasteiger partial charge on any atom is -0.408 e. The van der Waals surface area contributed by atoms with Gasteiger partial charge in [-0.25, -0.2) is 22.0 Å². The fourth-order valence-electron chi connectivity index (χ4n) is 3.62. The van der Waals surface area contributed by atoms with Crippen molar-refractivity contribution in [1.82, 2.24) is 8.87 Å². The summed E-state index contributed by atoms with van der Waals surface area (Å²) in [6.45, 7) is 0.169. The Bertz CT molecular complexity index is 1330. The molecule has 0 unspecified atom stereocenters. The summed E-state index contributed by atoms with van der Waals surface area (Å²) in [6.07, 6.45) is 0.909. The van der Waals surface area contributed by atoms with Crippen molar-refractivity contribution in [3.8, 4) is 0 Å². The molecule has 8 nitrogen and oxygen atoms in total. The van der Waals surface area contributed by atoms with E-state index in [4.69, 9.17) is 4.42 Å². The highest BCUT2D eigenvalue weighted by molar-refractivity contribution is 7.89. The van der Waals surface area contributed by atoms with Crippen LogP contribution in [0.25, 0.3) is 11.1 Å². The standard InChI is InChI=1S/C20H19F2N3O5S/c1-24-17-7-5-14(10-18(17)30-20(24)27)31(28,29)25-8-2-3-12(11-25)19(26)23-13-4-6-15(21)16(22)9-13/h4-7,9-10,12H,2-3,8,11H2,1H3,(H,23,26)/t12-/m0/s1. The van der Waals surface area contributed by atoms with E-state index in [1.807, 2.05) is 0 Å². The number of nitrogens with zero attached hydrogens (tertiary/aromatic N) is 2. The van der Waals surface area contributed by atoms with Gasteiger partial charge in [-0.1, -0.05) is 0 Å².